The minimum absolute atomic E-state index is 0.197. The van der Waals surface area contributed by atoms with E-state index in [4.69, 9.17) is 0 Å². The molecule has 0 aromatic heterocycles. The van der Waals surface area contributed by atoms with Crippen LogP contribution in [-0.4, -0.2) is 36.3 Å². The molecule has 0 aliphatic carbocycles. The van der Waals surface area contributed by atoms with E-state index >= 15 is 0 Å². The van der Waals surface area contributed by atoms with Crippen molar-refractivity contribution in [3.8, 4) is 0 Å². The van der Waals surface area contributed by atoms with E-state index in [0.717, 1.165) is 18.8 Å². The Hall–Kier alpha value is 0.270. The van der Waals surface area contributed by atoms with Gasteiger partial charge in [0.05, 0.1) is 6.10 Å². The van der Waals surface area contributed by atoms with Crippen molar-refractivity contribution >= 4 is 11.8 Å². The van der Waals surface area contributed by atoms with E-state index in [1.165, 1.54) is 0 Å². The van der Waals surface area contributed by atoms with Gasteiger partial charge in [-0.1, -0.05) is 13.8 Å². The molecule has 68 valence electrons. The van der Waals surface area contributed by atoms with Gasteiger partial charge in [0.1, 0.15) is 0 Å². The summed E-state index contributed by atoms with van der Waals surface area (Å²) in [6.07, 6.45) is 1.89. The van der Waals surface area contributed by atoms with Gasteiger partial charge >= 0.3 is 0 Å². The van der Waals surface area contributed by atoms with Crippen molar-refractivity contribution in [3.05, 3.63) is 0 Å². The van der Waals surface area contributed by atoms with Gasteiger partial charge in [0.25, 0.3) is 0 Å². The fourth-order valence-corrected chi connectivity index (χ4v) is 1.01. The lowest BCUT2D eigenvalue weighted by Gasteiger charge is -2.14. The van der Waals surface area contributed by atoms with Crippen LogP contribution in [0.2, 0.25) is 0 Å². The van der Waals surface area contributed by atoms with E-state index in [1.807, 2.05) is 25.6 Å². The van der Waals surface area contributed by atoms with E-state index in [2.05, 4.69) is 11.6 Å². The van der Waals surface area contributed by atoms with E-state index in [9.17, 15) is 5.11 Å². The fraction of sp³-hybridized carbons (Fsp3) is 1.00. The summed E-state index contributed by atoms with van der Waals surface area (Å²) in [5.74, 6) is 1.47. The number of aliphatic hydroxyl groups excluding tert-OH is 1. The standard InChI is InChI=1S/C8H19NOS/c1-7(2)8(10)6-9-4-5-11-3/h7-10H,4-6H2,1-3H3. The van der Waals surface area contributed by atoms with Crippen LogP contribution in [0.1, 0.15) is 13.8 Å². The Morgan fingerprint density at radius 1 is 1.45 bits per heavy atom. The molecule has 0 aliphatic heterocycles. The van der Waals surface area contributed by atoms with E-state index < -0.39 is 0 Å². The molecular formula is C8H19NOS. The van der Waals surface area contributed by atoms with Crippen LogP contribution in [0.3, 0.4) is 0 Å². The Balaban J connectivity index is 3.10. The highest BCUT2D eigenvalue weighted by molar-refractivity contribution is 7.98. The maximum atomic E-state index is 9.36. The van der Waals surface area contributed by atoms with Gasteiger partial charge in [0, 0.05) is 18.8 Å². The van der Waals surface area contributed by atoms with Crippen molar-refractivity contribution < 1.29 is 5.11 Å². The van der Waals surface area contributed by atoms with Gasteiger partial charge in [-0.2, -0.15) is 11.8 Å². The van der Waals surface area contributed by atoms with Gasteiger partial charge in [-0.15, -0.1) is 0 Å². The number of hydrogen-bond acceptors (Lipinski definition) is 3. The molecule has 11 heavy (non-hydrogen) atoms. The molecular weight excluding hydrogens is 158 g/mol. The van der Waals surface area contributed by atoms with Crippen molar-refractivity contribution in [3.63, 3.8) is 0 Å². The Morgan fingerprint density at radius 2 is 2.09 bits per heavy atom. The van der Waals surface area contributed by atoms with E-state index in [1.54, 1.807) is 0 Å². The summed E-state index contributed by atoms with van der Waals surface area (Å²) < 4.78 is 0. The Labute approximate surface area is 73.8 Å². The molecule has 1 atom stereocenters. The highest BCUT2D eigenvalue weighted by Crippen LogP contribution is 1.98. The molecule has 0 aromatic carbocycles. The molecule has 0 saturated carbocycles. The Morgan fingerprint density at radius 3 is 2.55 bits per heavy atom. The smallest absolute Gasteiger partial charge is 0.0687 e. The SMILES string of the molecule is CSCCNCC(O)C(C)C. The van der Waals surface area contributed by atoms with Crippen LogP contribution in [0.5, 0.6) is 0 Å². The molecule has 0 heterocycles. The monoisotopic (exact) mass is 177 g/mol. The Bertz CT molecular complexity index is 88.2. The molecule has 0 aliphatic rings. The second-order valence-corrected chi connectivity index (χ2v) is 3.99. The zero-order valence-electron chi connectivity index (χ0n) is 7.63. The fourth-order valence-electron chi connectivity index (χ4n) is 0.660. The van der Waals surface area contributed by atoms with Crippen LogP contribution in [0.4, 0.5) is 0 Å². The third kappa shape index (κ3) is 6.66. The summed E-state index contributed by atoms with van der Waals surface area (Å²) in [6, 6.07) is 0. The third-order valence-corrected chi connectivity index (χ3v) is 2.22. The van der Waals surface area contributed by atoms with Crippen LogP contribution in [-0.2, 0) is 0 Å². The molecule has 0 spiro atoms. The van der Waals surface area contributed by atoms with Crippen molar-refractivity contribution in [2.75, 3.05) is 25.1 Å². The van der Waals surface area contributed by atoms with Gasteiger partial charge in [-0.3, -0.25) is 0 Å². The van der Waals surface area contributed by atoms with E-state index in [-0.39, 0.29) is 6.10 Å². The molecule has 2 N–H and O–H groups in total. The molecule has 0 aromatic rings. The first kappa shape index (κ1) is 11.3. The Kier molecular flexibility index (Phi) is 7.12. The first-order valence-electron chi connectivity index (χ1n) is 4.06. The number of thioether (sulfide) groups is 1. The second-order valence-electron chi connectivity index (χ2n) is 3.01. The molecule has 0 rings (SSSR count). The average Bonchev–Trinajstić information content (AvgIpc) is 1.97. The van der Waals surface area contributed by atoms with Gasteiger partial charge < -0.3 is 10.4 Å². The molecule has 0 saturated heterocycles. The molecule has 0 bridgehead atoms. The quantitative estimate of drug-likeness (QED) is 0.593. The lowest BCUT2D eigenvalue weighted by molar-refractivity contribution is 0.124. The highest BCUT2D eigenvalue weighted by Gasteiger charge is 2.06. The van der Waals surface area contributed by atoms with Crippen LogP contribution < -0.4 is 5.32 Å². The van der Waals surface area contributed by atoms with Crippen molar-refractivity contribution in [2.45, 2.75) is 20.0 Å². The van der Waals surface area contributed by atoms with Crippen LogP contribution in [0, 0.1) is 5.92 Å². The summed E-state index contributed by atoms with van der Waals surface area (Å²) in [4.78, 5) is 0. The minimum Gasteiger partial charge on any atom is -0.392 e. The normalized spacial score (nSPS) is 13.9. The summed E-state index contributed by atoms with van der Waals surface area (Å²) in [7, 11) is 0. The van der Waals surface area contributed by atoms with E-state index in [0.29, 0.717) is 5.92 Å². The van der Waals surface area contributed by atoms with Crippen LogP contribution in [0.15, 0.2) is 0 Å². The highest BCUT2D eigenvalue weighted by atomic mass is 32.2. The van der Waals surface area contributed by atoms with Crippen molar-refractivity contribution in [1.29, 1.82) is 0 Å². The molecule has 3 heteroatoms. The van der Waals surface area contributed by atoms with Crippen LogP contribution >= 0.6 is 11.8 Å². The average molecular weight is 177 g/mol. The molecule has 0 radical (unpaired) electrons. The van der Waals surface area contributed by atoms with Gasteiger partial charge in [0.2, 0.25) is 0 Å². The maximum Gasteiger partial charge on any atom is 0.0687 e. The first-order chi connectivity index (χ1) is 5.18. The largest absolute Gasteiger partial charge is 0.392 e. The minimum atomic E-state index is -0.197. The third-order valence-electron chi connectivity index (χ3n) is 1.61. The molecule has 0 amide bonds. The van der Waals surface area contributed by atoms with Crippen molar-refractivity contribution in [1.82, 2.24) is 5.32 Å². The summed E-state index contributed by atoms with van der Waals surface area (Å²) >= 11 is 1.82. The van der Waals surface area contributed by atoms with Gasteiger partial charge in [-0.05, 0) is 12.2 Å². The zero-order valence-corrected chi connectivity index (χ0v) is 8.45. The number of nitrogens with one attached hydrogen (secondary N) is 1. The molecule has 2 nitrogen and oxygen atoms in total. The van der Waals surface area contributed by atoms with Crippen molar-refractivity contribution in [2.24, 2.45) is 5.92 Å². The summed E-state index contributed by atoms with van der Waals surface area (Å²) in [6.45, 7) is 5.77. The topological polar surface area (TPSA) is 32.3 Å². The second kappa shape index (κ2) is 6.95. The predicted octanol–water partition coefficient (Wildman–Crippen LogP) is 0.956. The van der Waals surface area contributed by atoms with Gasteiger partial charge in [0.15, 0.2) is 0 Å². The zero-order chi connectivity index (χ0) is 8.69. The molecule has 1 unspecified atom stereocenters. The summed E-state index contributed by atoms with van der Waals surface area (Å²) in [5.41, 5.74) is 0. The lowest BCUT2D eigenvalue weighted by Crippen LogP contribution is -2.31. The summed E-state index contributed by atoms with van der Waals surface area (Å²) in [5, 5.41) is 12.6. The van der Waals surface area contributed by atoms with Crippen LogP contribution in [0.25, 0.3) is 0 Å². The number of hydrogen-bond donors (Lipinski definition) is 2. The predicted molar refractivity (Wildman–Crippen MR) is 52.1 cm³/mol. The number of rotatable bonds is 6. The van der Waals surface area contributed by atoms with Gasteiger partial charge in [-0.25, -0.2) is 0 Å². The maximum absolute atomic E-state index is 9.36. The number of aliphatic hydroxyl groups is 1. The lowest BCUT2D eigenvalue weighted by atomic mass is 10.1. The molecule has 0 fully saturated rings. The first-order valence-corrected chi connectivity index (χ1v) is 5.45.